The van der Waals surface area contributed by atoms with E-state index in [0.29, 0.717) is 16.4 Å². The second-order valence-corrected chi connectivity index (χ2v) is 7.29. The third kappa shape index (κ3) is 4.13. The zero-order chi connectivity index (χ0) is 19.8. The number of anilines is 2. The van der Waals surface area contributed by atoms with Crippen molar-refractivity contribution in [3.05, 3.63) is 63.5 Å². The summed E-state index contributed by atoms with van der Waals surface area (Å²) >= 11 is 6.10. The molecule has 5 nitrogen and oxygen atoms in total. The van der Waals surface area contributed by atoms with Crippen LogP contribution in [0.3, 0.4) is 0 Å². The highest BCUT2D eigenvalue weighted by Crippen LogP contribution is 2.29. The Bertz CT molecular complexity index is 1130. The molecular formula is C21H20ClN3O2. The van der Waals surface area contributed by atoms with Crippen molar-refractivity contribution in [2.45, 2.75) is 19.4 Å². The van der Waals surface area contributed by atoms with Gasteiger partial charge in [0, 0.05) is 35.8 Å². The van der Waals surface area contributed by atoms with Gasteiger partial charge in [0.05, 0.1) is 5.52 Å². The van der Waals surface area contributed by atoms with Gasteiger partial charge in [-0.15, -0.1) is 0 Å². The minimum Gasteiger partial charge on any atom is -0.378 e. The van der Waals surface area contributed by atoms with Crippen molar-refractivity contribution in [2.24, 2.45) is 7.05 Å². The summed E-state index contributed by atoms with van der Waals surface area (Å²) < 4.78 is 1.48. The van der Waals surface area contributed by atoms with E-state index in [1.165, 1.54) is 4.57 Å². The molecule has 0 spiro atoms. The van der Waals surface area contributed by atoms with Crippen molar-refractivity contribution >= 4 is 34.0 Å². The molecule has 1 N–H and O–H groups in total. The fourth-order valence-electron chi connectivity index (χ4n) is 2.70. The first-order valence-electron chi connectivity index (χ1n) is 8.41. The van der Waals surface area contributed by atoms with E-state index in [4.69, 9.17) is 11.6 Å². The fourth-order valence-corrected chi connectivity index (χ4v) is 2.86. The van der Waals surface area contributed by atoms with Crippen molar-refractivity contribution in [1.29, 1.82) is 0 Å². The number of halogens is 1. The molecule has 0 unspecified atom stereocenters. The van der Waals surface area contributed by atoms with E-state index in [0.717, 1.165) is 16.6 Å². The zero-order valence-corrected chi connectivity index (χ0v) is 16.4. The minimum atomic E-state index is -1.06. The smallest absolute Gasteiger partial charge is 0.349 e. The van der Waals surface area contributed by atoms with Gasteiger partial charge in [-0.05, 0) is 50.2 Å². The lowest BCUT2D eigenvalue weighted by Crippen LogP contribution is -2.24. The van der Waals surface area contributed by atoms with Crippen molar-refractivity contribution in [3.8, 4) is 11.8 Å². The molecule has 0 bridgehead atoms. The van der Waals surface area contributed by atoms with Crippen molar-refractivity contribution in [1.82, 2.24) is 9.55 Å². The first-order chi connectivity index (χ1) is 12.7. The Labute approximate surface area is 162 Å². The lowest BCUT2D eigenvalue weighted by Gasteiger charge is -2.21. The summed E-state index contributed by atoms with van der Waals surface area (Å²) in [6.07, 6.45) is 0. The predicted molar refractivity (Wildman–Crippen MR) is 110 cm³/mol. The van der Waals surface area contributed by atoms with Gasteiger partial charge in [-0.25, -0.2) is 4.79 Å². The SMILES string of the molecule is CN(c1cccc(C#CC(C)(C)O)c1)c1nc(=O)n(C)c2cc(Cl)ccc12. The van der Waals surface area contributed by atoms with E-state index in [1.807, 2.05) is 42.3 Å². The van der Waals surface area contributed by atoms with E-state index in [2.05, 4.69) is 16.8 Å². The monoisotopic (exact) mass is 381 g/mol. The van der Waals surface area contributed by atoms with Crippen LogP contribution in [0.15, 0.2) is 47.3 Å². The summed E-state index contributed by atoms with van der Waals surface area (Å²) in [5.41, 5.74) is 0.879. The molecule has 0 saturated carbocycles. The van der Waals surface area contributed by atoms with E-state index >= 15 is 0 Å². The maximum absolute atomic E-state index is 12.3. The third-order valence-corrected chi connectivity index (χ3v) is 4.35. The number of aryl methyl sites for hydroxylation is 1. The second-order valence-electron chi connectivity index (χ2n) is 6.86. The number of hydrogen-bond donors (Lipinski definition) is 1. The van der Waals surface area contributed by atoms with Gasteiger partial charge in [-0.3, -0.25) is 4.57 Å². The van der Waals surface area contributed by atoms with Crippen molar-refractivity contribution < 1.29 is 5.11 Å². The molecule has 0 fully saturated rings. The summed E-state index contributed by atoms with van der Waals surface area (Å²) in [5, 5.41) is 11.2. The van der Waals surface area contributed by atoms with Gasteiger partial charge < -0.3 is 10.0 Å². The molecule has 138 valence electrons. The first kappa shape index (κ1) is 19.0. The largest absolute Gasteiger partial charge is 0.378 e. The van der Waals surface area contributed by atoms with E-state index < -0.39 is 5.60 Å². The van der Waals surface area contributed by atoms with Gasteiger partial charge >= 0.3 is 5.69 Å². The first-order valence-corrected chi connectivity index (χ1v) is 8.79. The Balaban J connectivity index is 2.12. The Morgan fingerprint density at radius 3 is 2.67 bits per heavy atom. The molecule has 0 aliphatic heterocycles. The zero-order valence-electron chi connectivity index (χ0n) is 15.6. The lowest BCUT2D eigenvalue weighted by molar-refractivity contribution is 0.143. The molecule has 0 amide bonds. The van der Waals surface area contributed by atoms with Crippen LogP contribution in [-0.4, -0.2) is 27.3 Å². The third-order valence-electron chi connectivity index (χ3n) is 4.11. The van der Waals surface area contributed by atoms with Crippen LogP contribution in [0.25, 0.3) is 10.9 Å². The fraction of sp³-hybridized carbons (Fsp3) is 0.238. The molecule has 27 heavy (non-hydrogen) atoms. The van der Waals surface area contributed by atoms with Crippen LogP contribution in [0.4, 0.5) is 11.5 Å². The number of hydrogen-bond acceptors (Lipinski definition) is 4. The number of benzene rings is 2. The quantitative estimate of drug-likeness (QED) is 0.690. The molecule has 3 rings (SSSR count). The molecule has 1 heterocycles. The number of rotatable bonds is 2. The molecule has 3 aromatic rings. The number of nitrogens with zero attached hydrogens (tertiary/aromatic N) is 3. The topological polar surface area (TPSA) is 58.4 Å². The standard InChI is InChI=1S/C21H20ClN3O2/c1-21(2,27)11-10-14-6-5-7-16(12-14)24(3)19-17-9-8-15(22)13-18(17)25(4)20(26)23-19/h5-9,12-13,27H,1-4H3. The van der Waals surface area contributed by atoms with Crippen LogP contribution in [0.2, 0.25) is 5.02 Å². The summed E-state index contributed by atoms with van der Waals surface area (Å²) in [5.74, 6) is 6.31. The van der Waals surface area contributed by atoms with Gasteiger partial charge in [0.15, 0.2) is 0 Å². The lowest BCUT2D eigenvalue weighted by atomic mass is 10.1. The maximum Gasteiger partial charge on any atom is 0.349 e. The summed E-state index contributed by atoms with van der Waals surface area (Å²) in [7, 11) is 3.52. The Morgan fingerprint density at radius 1 is 1.22 bits per heavy atom. The predicted octanol–water partition coefficient (Wildman–Crippen LogP) is 3.48. The van der Waals surface area contributed by atoms with Gasteiger partial charge in [0.1, 0.15) is 11.4 Å². The molecule has 0 saturated heterocycles. The average Bonchev–Trinajstić information content (AvgIpc) is 2.62. The van der Waals surface area contributed by atoms with E-state index in [9.17, 15) is 9.90 Å². The van der Waals surface area contributed by atoms with Crippen LogP contribution in [-0.2, 0) is 7.05 Å². The second kappa shape index (κ2) is 7.07. The highest BCUT2D eigenvalue weighted by atomic mass is 35.5. The van der Waals surface area contributed by atoms with E-state index in [1.54, 1.807) is 33.0 Å². The number of aromatic nitrogens is 2. The van der Waals surface area contributed by atoms with Gasteiger partial charge in [0.2, 0.25) is 0 Å². The summed E-state index contributed by atoms with van der Waals surface area (Å²) in [6.45, 7) is 3.27. The Morgan fingerprint density at radius 2 is 1.96 bits per heavy atom. The molecule has 6 heteroatoms. The Hall–Kier alpha value is -2.81. The number of aliphatic hydroxyl groups is 1. The molecule has 1 aromatic heterocycles. The molecule has 2 aromatic carbocycles. The van der Waals surface area contributed by atoms with Gasteiger partial charge in [-0.2, -0.15) is 4.98 Å². The summed E-state index contributed by atoms with van der Waals surface area (Å²) in [4.78, 5) is 18.4. The highest BCUT2D eigenvalue weighted by molar-refractivity contribution is 6.31. The molecule has 0 aliphatic rings. The highest BCUT2D eigenvalue weighted by Gasteiger charge is 2.14. The average molecular weight is 382 g/mol. The molecule has 0 atom stereocenters. The maximum atomic E-state index is 12.3. The van der Waals surface area contributed by atoms with Crippen LogP contribution >= 0.6 is 11.6 Å². The normalized spacial score (nSPS) is 11.2. The summed E-state index contributed by atoms with van der Waals surface area (Å²) in [6, 6.07) is 12.9. The Kier molecular flexibility index (Phi) is 4.97. The van der Waals surface area contributed by atoms with Crippen LogP contribution < -0.4 is 10.6 Å². The van der Waals surface area contributed by atoms with Crippen LogP contribution in [0.5, 0.6) is 0 Å². The molecule has 0 aliphatic carbocycles. The molecular weight excluding hydrogens is 362 g/mol. The van der Waals surface area contributed by atoms with Crippen molar-refractivity contribution in [2.75, 3.05) is 11.9 Å². The molecule has 0 radical (unpaired) electrons. The van der Waals surface area contributed by atoms with E-state index in [-0.39, 0.29) is 5.69 Å². The van der Waals surface area contributed by atoms with Gasteiger partial charge in [-0.1, -0.05) is 29.5 Å². The van der Waals surface area contributed by atoms with Crippen LogP contribution in [0, 0.1) is 11.8 Å². The van der Waals surface area contributed by atoms with Crippen molar-refractivity contribution in [3.63, 3.8) is 0 Å². The number of fused-ring (bicyclic) bond motifs is 1. The van der Waals surface area contributed by atoms with Gasteiger partial charge in [0.25, 0.3) is 0 Å². The van der Waals surface area contributed by atoms with Crippen LogP contribution in [0.1, 0.15) is 19.4 Å². The minimum absolute atomic E-state index is 0.357.